The molecule has 0 N–H and O–H groups in total. The first-order chi connectivity index (χ1) is 8.36. The van der Waals surface area contributed by atoms with Crippen LogP contribution in [0.5, 0.6) is 0 Å². The Morgan fingerprint density at radius 2 is 2.00 bits per heavy atom. The molecule has 0 unspecified atom stereocenters. The predicted molar refractivity (Wildman–Crippen MR) is 71.5 cm³/mol. The molecule has 0 atom stereocenters. The first-order valence-corrected chi connectivity index (χ1v) is 5.75. The summed E-state index contributed by atoms with van der Waals surface area (Å²) in [6.45, 7) is 6.14. The molecule has 4 heteroatoms. The summed E-state index contributed by atoms with van der Waals surface area (Å²) in [4.78, 5) is 20.6. The fourth-order valence-corrected chi connectivity index (χ4v) is 1.74. The SMILES string of the molecule is CC(C)(C)c1ccc([N+](=O)[O-])cc1/C=C/CC=O. The number of hydrogen-bond donors (Lipinski definition) is 0. The minimum atomic E-state index is -0.413. The van der Waals surface area contributed by atoms with Gasteiger partial charge in [-0.1, -0.05) is 39.0 Å². The van der Waals surface area contributed by atoms with E-state index in [2.05, 4.69) is 0 Å². The summed E-state index contributed by atoms with van der Waals surface area (Å²) in [5.41, 5.74) is 1.78. The van der Waals surface area contributed by atoms with Crippen LogP contribution in [0.15, 0.2) is 24.3 Å². The number of carbonyl (C=O) groups is 1. The lowest BCUT2D eigenvalue weighted by atomic mass is 9.83. The van der Waals surface area contributed by atoms with E-state index in [0.717, 1.165) is 17.4 Å². The summed E-state index contributed by atoms with van der Waals surface area (Å²) in [6, 6.07) is 4.83. The Morgan fingerprint density at radius 1 is 1.33 bits per heavy atom. The number of nitrogens with zero attached hydrogens (tertiary/aromatic N) is 1. The first kappa shape index (κ1) is 14.1. The largest absolute Gasteiger partial charge is 0.303 e. The van der Waals surface area contributed by atoms with Crippen molar-refractivity contribution in [2.45, 2.75) is 32.6 Å². The van der Waals surface area contributed by atoms with E-state index >= 15 is 0 Å². The molecule has 18 heavy (non-hydrogen) atoms. The van der Waals surface area contributed by atoms with E-state index in [1.54, 1.807) is 24.3 Å². The third-order valence-electron chi connectivity index (χ3n) is 2.58. The molecule has 0 heterocycles. The maximum absolute atomic E-state index is 10.8. The average molecular weight is 247 g/mol. The highest BCUT2D eigenvalue weighted by molar-refractivity contribution is 5.62. The Balaban J connectivity index is 3.26. The number of hydrogen-bond acceptors (Lipinski definition) is 3. The van der Waals surface area contributed by atoms with Gasteiger partial charge < -0.3 is 4.79 Å². The van der Waals surface area contributed by atoms with Gasteiger partial charge in [-0.2, -0.15) is 0 Å². The van der Waals surface area contributed by atoms with Crippen LogP contribution >= 0.6 is 0 Å². The normalized spacial score (nSPS) is 11.7. The number of non-ortho nitro benzene ring substituents is 1. The van der Waals surface area contributed by atoms with Crippen LogP contribution in [0.25, 0.3) is 6.08 Å². The van der Waals surface area contributed by atoms with Crippen LogP contribution in [-0.2, 0) is 10.2 Å². The van der Waals surface area contributed by atoms with E-state index in [4.69, 9.17) is 0 Å². The Hall–Kier alpha value is -1.97. The molecule has 96 valence electrons. The minimum Gasteiger partial charge on any atom is -0.303 e. The van der Waals surface area contributed by atoms with Crippen molar-refractivity contribution in [2.24, 2.45) is 0 Å². The van der Waals surface area contributed by atoms with E-state index in [0.29, 0.717) is 6.42 Å². The van der Waals surface area contributed by atoms with Gasteiger partial charge in [-0.25, -0.2) is 0 Å². The molecule has 1 rings (SSSR count). The molecule has 0 aliphatic heterocycles. The molecule has 0 bridgehead atoms. The fraction of sp³-hybridized carbons (Fsp3) is 0.357. The Kier molecular flexibility index (Phi) is 4.37. The van der Waals surface area contributed by atoms with Gasteiger partial charge in [0.15, 0.2) is 0 Å². The molecule has 0 amide bonds. The number of allylic oxidation sites excluding steroid dienone is 1. The number of carbonyl (C=O) groups excluding carboxylic acids is 1. The van der Waals surface area contributed by atoms with Crippen LogP contribution in [0.1, 0.15) is 38.3 Å². The van der Waals surface area contributed by atoms with Crippen molar-refractivity contribution in [2.75, 3.05) is 0 Å². The summed E-state index contributed by atoms with van der Waals surface area (Å²) in [5, 5.41) is 10.8. The van der Waals surface area contributed by atoms with Crippen molar-refractivity contribution < 1.29 is 9.72 Å². The number of aldehydes is 1. The quantitative estimate of drug-likeness (QED) is 0.465. The Labute approximate surface area is 106 Å². The lowest BCUT2D eigenvalue weighted by Crippen LogP contribution is -2.13. The standard InChI is InChI=1S/C14H17NO3/c1-14(2,3)13-8-7-12(15(17)18)10-11(13)6-4-5-9-16/h4,6-10H,5H2,1-3H3/b6-4+. The number of nitro benzene ring substituents is 1. The molecule has 0 radical (unpaired) electrons. The second-order valence-electron chi connectivity index (χ2n) is 5.08. The maximum Gasteiger partial charge on any atom is 0.270 e. The number of benzene rings is 1. The van der Waals surface area contributed by atoms with Gasteiger partial charge in [0.05, 0.1) is 4.92 Å². The van der Waals surface area contributed by atoms with Gasteiger partial charge in [-0.15, -0.1) is 0 Å². The van der Waals surface area contributed by atoms with E-state index in [1.165, 1.54) is 6.07 Å². The highest BCUT2D eigenvalue weighted by Crippen LogP contribution is 2.29. The van der Waals surface area contributed by atoms with E-state index in [9.17, 15) is 14.9 Å². The molecule has 4 nitrogen and oxygen atoms in total. The van der Waals surface area contributed by atoms with Crippen molar-refractivity contribution in [3.8, 4) is 0 Å². The summed E-state index contributed by atoms with van der Waals surface area (Å²) in [5.74, 6) is 0. The van der Waals surface area contributed by atoms with Gasteiger partial charge >= 0.3 is 0 Å². The van der Waals surface area contributed by atoms with Gasteiger partial charge in [0.1, 0.15) is 6.29 Å². The van der Waals surface area contributed by atoms with Gasteiger partial charge in [0.25, 0.3) is 5.69 Å². The lowest BCUT2D eigenvalue weighted by molar-refractivity contribution is -0.384. The number of nitro groups is 1. The topological polar surface area (TPSA) is 60.2 Å². The fourth-order valence-electron chi connectivity index (χ4n) is 1.74. The maximum atomic E-state index is 10.8. The minimum absolute atomic E-state index is 0.0637. The van der Waals surface area contributed by atoms with E-state index < -0.39 is 4.92 Å². The molecule has 0 spiro atoms. The zero-order chi connectivity index (χ0) is 13.8. The summed E-state index contributed by atoms with van der Waals surface area (Å²) < 4.78 is 0. The highest BCUT2D eigenvalue weighted by atomic mass is 16.6. The molecule has 0 saturated carbocycles. The van der Waals surface area contributed by atoms with Crippen molar-refractivity contribution >= 4 is 18.0 Å². The molecule has 1 aromatic rings. The van der Waals surface area contributed by atoms with Crippen LogP contribution in [0.3, 0.4) is 0 Å². The zero-order valence-corrected chi connectivity index (χ0v) is 10.8. The van der Waals surface area contributed by atoms with Crippen LogP contribution in [0.2, 0.25) is 0 Å². The Morgan fingerprint density at radius 3 is 2.50 bits per heavy atom. The molecule has 0 aliphatic rings. The Bertz CT molecular complexity index is 484. The van der Waals surface area contributed by atoms with Gasteiger partial charge in [0.2, 0.25) is 0 Å². The molecule has 0 aromatic heterocycles. The van der Waals surface area contributed by atoms with Gasteiger partial charge in [-0.3, -0.25) is 10.1 Å². The monoisotopic (exact) mass is 247 g/mol. The summed E-state index contributed by atoms with van der Waals surface area (Å²) >= 11 is 0. The van der Waals surface area contributed by atoms with Crippen molar-refractivity contribution in [1.29, 1.82) is 0 Å². The third-order valence-corrected chi connectivity index (χ3v) is 2.58. The van der Waals surface area contributed by atoms with Crippen LogP contribution < -0.4 is 0 Å². The highest BCUT2D eigenvalue weighted by Gasteiger charge is 2.19. The number of rotatable bonds is 4. The van der Waals surface area contributed by atoms with Crippen LogP contribution in [0, 0.1) is 10.1 Å². The van der Waals surface area contributed by atoms with Crippen molar-refractivity contribution in [3.63, 3.8) is 0 Å². The molecule has 1 aromatic carbocycles. The van der Waals surface area contributed by atoms with Gasteiger partial charge in [-0.05, 0) is 16.5 Å². The molecule has 0 aliphatic carbocycles. The van der Waals surface area contributed by atoms with Gasteiger partial charge in [0, 0.05) is 18.6 Å². The van der Waals surface area contributed by atoms with Crippen molar-refractivity contribution in [3.05, 3.63) is 45.5 Å². The summed E-state index contributed by atoms with van der Waals surface area (Å²) in [6.07, 6.45) is 4.58. The molecular formula is C14H17NO3. The molecule has 0 saturated heterocycles. The molecular weight excluding hydrogens is 230 g/mol. The second kappa shape index (κ2) is 5.58. The summed E-state index contributed by atoms with van der Waals surface area (Å²) in [7, 11) is 0. The zero-order valence-electron chi connectivity index (χ0n) is 10.8. The smallest absolute Gasteiger partial charge is 0.270 e. The predicted octanol–water partition coefficient (Wildman–Crippen LogP) is 3.49. The first-order valence-electron chi connectivity index (χ1n) is 5.75. The lowest BCUT2D eigenvalue weighted by Gasteiger charge is -2.21. The van der Waals surface area contributed by atoms with E-state index in [-0.39, 0.29) is 11.1 Å². The molecule has 0 fully saturated rings. The van der Waals surface area contributed by atoms with Crippen molar-refractivity contribution in [1.82, 2.24) is 0 Å². The third kappa shape index (κ3) is 3.52. The van der Waals surface area contributed by atoms with E-state index in [1.807, 2.05) is 20.8 Å². The second-order valence-corrected chi connectivity index (χ2v) is 5.08. The van der Waals surface area contributed by atoms with Crippen LogP contribution in [0.4, 0.5) is 5.69 Å². The van der Waals surface area contributed by atoms with Crippen LogP contribution in [-0.4, -0.2) is 11.2 Å². The average Bonchev–Trinajstić information content (AvgIpc) is 2.27.